The zero-order valence-electron chi connectivity index (χ0n) is 11.5. The van der Waals surface area contributed by atoms with E-state index in [0.29, 0.717) is 26.4 Å². The molecule has 1 aromatic carbocycles. The molecule has 0 heterocycles. The van der Waals surface area contributed by atoms with E-state index in [1.165, 1.54) is 0 Å². The van der Waals surface area contributed by atoms with Crippen molar-refractivity contribution in [2.75, 3.05) is 25.1 Å². The Labute approximate surface area is 114 Å². The van der Waals surface area contributed by atoms with Crippen molar-refractivity contribution in [3.05, 3.63) is 29.8 Å². The summed E-state index contributed by atoms with van der Waals surface area (Å²) in [5.74, 6) is -0.200. The van der Waals surface area contributed by atoms with Crippen molar-refractivity contribution in [3.8, 4) is 0 Å². The van der Waals surface area contributed by atoms with Gasteiger partial charge in [0.2, 0.25) is 5.91 Å². The third kappa shape index (κ3) is 6.33. The molecule has 3 N–H and O–H groups in total. The molecule has 5 heteroatoms. The first kappa shape index (κ1) is 15.6. The van der Waals surface area contributed by atoms with Gasteiger partial charge in [0, 0.05) is 12.3 Å². The van der Waals surface area contributed by atoms with Crippen molar-refractivity contribution in [1.29, 1.82) is 0 Å². The Morgan fingerprint density at radius 3 is 2.79 bits per heavy atom. The van der Waals surface area contributed by atoms with Crippen LogP contribution in [0.2, 0.25) is 0 Å². The summed E-state index contributed by atoms with van der Waals surface area (Å²) in [6, 6.07) is 7.00. The summed E-state index contributed by atoms with van der Waals surface area (Å²) in [5, 5.41) is 2.75. The van der Waals surface area contributed by atoms with E-state index in [-0.39, 0.29) is 5.91 Å². The Hall–Kier alpha value is -1.43. The number of nitrogens with one attached hydrogen (secondary N) is 1. The lowest BCUT2D eigenvalue weighted by atomic mass is 10.2. The molecule has 0 aliphatic heterocycles. The second-order valence-electron chi connectivity index (χ2n) is 4.23. The van der Waals surface area contributed by atoms with Gasteiger partial charge < -0.3 is 20.5 Å². The fourth-order valence-corrected chi connectivity index (χ4v) is 1.45. The topological polar surface area (TPSA) is 73.6 Å². The number of amides is 1. The van der Waals surface area contributed by atoms with Gasteiger partial charge in [0.1, 0.15) is 0 Å². The second-order valence-corrected chi connectivity index (χ2v) is 4.23. The average molecular weight is 266 g/mol. The molecule has 0 saturated carbocycles. The standard InChI is InChI=1S/C14H22N2O3/c1-3-18-7-8-19-10-12-5-4-6-13(9-12)16-14(17)11(2)15/h4-6,9,11H,3,7-8,10,15H2,1-2H3,(H,16,17)/t11-/m1/s1. The molecule has 0 aromatic heterocycles. The SMILES string of the molecule is CCOCCOCc1cccc(NC(=O)[C@@H](C)N)c1. The first-order chi connectivity index (χ1) is 9.13. The summed E-state index contributed by atoms with van der Waals surface area (Å²) in [7, 11) is 0. The van der Waals surface area contributed by atoms with E-state index in [1.807, 2.05) is 31.2 Å². The first-order valence-corrected chi connectivity index (χ1v) is 6.44. The molecule has 1 atom stereocenters. The van der Waals surface area contributed by atoms with Gasteiger partial charge in [-0.2, -0.15) is 0 Å². The van der Waals surface area contributed by atoms with Crippen LogP contribution in [0, 0.1) is 0 Å². The van der Waals surface area contributed by atoms with Crippen LogP contribution in [0.4, 0.5) is 5.69 Å². The molecular formula is C14H22N2O3. The monoisotopic (exact) mass is 266 g/mol. The molecule has 0 radical (unpaired) electrons. The summed E-state index contributed by atoms with van der Waals surface area (Å²) in [6.45, 7) is 5.94. The Morgan fingerprint density at radius 2 is 2.11 bits per heavy atom. The van der Waals surface area contributed by atoms with Crippen LogP contribution in [-0.4, -0.2) is 31.8 Å². The van der Waals surface area contributed by atoms with Gasteiger partial charge in [-0.1, -0.05) is 12.1 Å². The minimum atomic E-state index is -0.522. The van der Waals surface area contributed by atoms with Crippen LogP contribution in [0.15, 0.2) is 24.3 Å². The van der Waals surface area contributed by atoms with Crippen LogP contribution in [0.3, 0.4) is 0 Å². The highest BCUT2D eigenvalue weighted by molar-refractivity contribution is 5.94. The van der Waals surface area contributed by atoms with E-state index < -0.39 is 6.04 Å². The predicted molar refractivity (Wildman–Crippen MR) is 74.9 cm³/mol. The number of benzene rings is 1. The highest BCUT2D eigenvalue weighted by Gasteiger charge is 2.07. The predicted octanol–water partition coefficient (Wildman–Crippen LogP) is 1.53. The molecule has 0 spiro atoms. The highest BCUT2D eigenvalue weighted by atomic mass is 16.5. The highest BCUT2D eigenvalue weighted by Crippen LogP contribution is 2.11. The minimum absolute atomic E-state index is 0.200. The summed E-state index contributed by atoms with van der Waals surface area (Å²) in [4.78, 5) is 11.5. The zero-order chi connectivity index (χ0) is 14.1. The molecule has 0 fully saturated rings. The molecule has 1 aromatic rings. The van der Waals surface area contributed by atoms with E-state index in [4.69, 9.17) is 15.2 Å². The molecule has 0 bridgehead atoms. The third-order valence-corrected chi connectivity index (χ3v) is 2.45. The van der Waals surface area contributed by atoms with E-state index in [0.717, 1.165) is 11.3 Å². The number of carbonyl (C=O) groups is 1. The lowest BCUT2D eigenvalue weighted by Gasteiger charge is -2.09. The van der Waals surface area contributed by atoms with Gasteiger partial charge in [-0.25, -0.2) is 0 Å². The number of hydrogen-bond donors (Lipinski definition) is 2. The molecule has 0 unspecified atom stereocenters. The minimum Gasteiger partial charge on any atom is -0.379 e. The van der Waals surface area contributed by atoms with E-state index in [1.54, 1.807) is 6.92 Å². The zero-order valence-corrected chi connectivity index (χ0v) is 11.5. The van der Waals surface area contributed by atoms with Gasteiger partial charge in [-0.3, -0.25) is 4.79 Å². The van der Waals surface area contributed by atoms with Crippen LogP contribution in [0.1, 0.15) is 19.4 Å². The molecule has 5 nitrogen and oxygen atoms in total. The van der Waals surface area contributed by atoms with Crippen molar-refractivity contribution < 1.29 is 14.3 Å². The molecule has 106 valence electrons. The van der Waals surface area contributed by atoms with Crippen LogP contribution in [0.25, 0.3) is 0 Å². The quantitative estimate of drug-likeness (QED) is 0.700. The Morgan fingerprint density at radius 1 is 1.37 bits per heavy atom. The number of nitrogens with two attached hydrogens (primary N) is 1. The molecule has 0 aliphatic carbocycles. The molecule has 1 amide bonds. The smallest absolute Gasteiger partial charge is 0.240 e. The lowest BCUT2D eigenvalue weighted by molar-refractivity contribution is -0.117. The number of carbonyl (C=O) groups excluding carboxylic acids is 1. The summed E-state index contributed by atoms with van der Waals surface area (Å²) in [6.07, 6.45) is 0. The van der Waals surface area contributed by atoms with Crippen molar-refractivity contribution in [2.45, 2.75) is 26.5 Å². The molecule has 1 rings (SSSR count). The Balaban J connectivity index is 2.41. The number of anilines is 1. The van der Waals surface area contributed by atoms with E-state index in [2.05, 4.69) is 5.32 Å². The fraction of sp³-hybridized carbons (Fsp3) is 0.500. The van der Waals surface area contributed by atoms with Crippen LogP contribution < -0.4 is 11.1 Å². The third-order valence-electron chi connectivity index (χ3n) is 2.45. The average Bonchev–Trinajstić information content (AvgIpc) is 2.39. The van der Waals surface area contributed by atoms with Gasteiger partial charge >= 0.3 is 0 Å². The van der Waals surface area contributed by atoms with Crippen molar-refractivity contribution in [2.24, 2.45) is 5.73 Å². The van der Waals surface area contributed by atoms with Gasteiger partial charge in [-0.05, 0) is 31.5 Å². The van der Waals surface area contributed by atoms with Crippen LogP contribution in [0.5, 0.6) is 0 Å². The lowest BCUT2D eigenvalue weighted by Crippen LogP contribution is -2.32. The molecule has 0 saturated heterocycles. The van der Waals surface area contributed by atoms with Gasteiger partial charge in [0.05, 0.1) is 25.9 Å². The molecule has 0 aliphatic rings. The number of hydrogen-bond acceptors (Lipinski definition) is 4. The maximum Gasteiger partial charge on any atom is 0.240 e. The maximum atomic E-state index is 11.5. The molecular weight excluding hydrogens is 244 g/mol. The molecule has 19 heavy (non-hydrogen) atoms. The summed E-state index contributed by atoms with van der Waals surface area (Å²) in [5.41, 5.74) is 7.23. The second kappa shape index (κ2) is 8.63. The fourth-order valence-electron chi connectivity index (χ4n) is 1.45. The Kier molecular flexibility index (Phi) is 7.10. The largest absolute Gasteiger partial charge is 0.379 e. The van der Waals surface area contributed by atoms with Crippen molar-refractivity contribution >= 4 is 11.6 Å². The van der Waals surface area contributed by atoms with Crippen molar-refractivity contribution in [3.63, 3.8) is 0 Å². The van der Waals surface area contributed by atoms with Crippen molar-refractivity contribution in [1.82, 2.24) is 0 Å². The Bertz CT molecular complexity index is 394. The van der Waals surface area contributed by atoms with Gasteiger partial charge in [0.25, 0.3) is 0 Å². The van der Waals surface area contributed by atoms with Crippen LogP contribution in [-0.2, 0) is 20.9 Å². The summed E-state index contributed by atoms with van der Waals surface area (Å²) >= 11 is 0. The maximum absolute atomic E-state index is 11.5. The number of rotatable bonds is 8. The van der Waals surface area contributed by atoms with Gasteiger partial charge in [0.15, 0.2) is 0 Å². The van der Waals surface area contributed by atoms with E-state index in [9.17, 15) is 4.79 Å². The van der Waals surface area contributed by atoms with Gasteiger partial charge in [-0.15, -0.1) is 0 Å². The van der Waals surface area contributed by atoms with Crippen LogP contribution >= 0.6 is 0 Å². The van der Waals surface area contributed by atoms with E-state index >= 15 is 0 Å². The summed E-state index contributed by atoms with van der Waals surface area (Å²) < 4.78 is 10.6. The normalized spacial score (nSPS) is 12.2. The number of ether oxygens (including phenoxy) is 2. The first-order valence-electron chi connectivity index (χ1n) is 6.44.